The molecule has 1 aromatic carbocycles. The summed E-state index contributed by atoms with van der Waals surface area (Å²) in [6, 6.07) is 10.4. The zero-order valence-electron chi connectivity index (χ0n) is 8.77. The molecule has 0 unspecified atom stereocenters. The second-order valence-corrected chi connectivity index (χ2v) is 3.65. The predicted octanol–water partition coefficient (Wildman–Crippen LogP) is 2.52. The molecular formula is C13H14N2. The molecule has 76 valence electrons. The van der Waals surface area contributed by atoms with Crippen molar-refractivity contribution in [2.24, 2.45) is 5.73 Å². The Morgan fingerprint density at radius 2 is 1.80 bits per heavy atom. The van der Waals surface area contributed by atoms with Crippen molar-refractivity contribution in [1.29, 1.82) is 0 Å². The predicted molar refractivity (Wildman–Crippen MR) is 62.3 cm³/mol. The number of aromatic nitrogens is 1. The number of hydrogen-bond donors (Lipinski definition) is 1. The number of hydrogen-bond acceptors (Lipinski definition) is 2. The summed E-state index contributed by atoms with van der Waals surface area (Å²) in [5, 5.41) is 0. The Bertz CT molecular complexity index is 446. The lowest BCUT2D eigenvalue weighted by Gasteiger charge is -2.03. The summed E-state index contributed by atoms with van der Waals surface area (Å²) in [6.07, 6.45) is 3.74. The summed E-state index contributed by atoms with van der Waals surface area (Å²) in [5.74, 6) is 0. The standard InChI is InChI=1S/C13H14N2/c1-10-6-13(9-15-8-10)12-4-2-11(7-14)3-5-12/h2-6,8-9H,7,14H2,1H3. The molecule has 15 heavy (non-hydrogen) atoms. The number of nitrogens with zero attached hydrogens (tertiary/aromatic N) is 1. The van der Waals surface area contributed by atoms with Crippen molar-refractivity contribution in [2.75, 3.05) is 0 Å². The van der Waals surface area contributed by atoms with E-state index in [0.717, 1.165) is 11.1 Å². The highest BCUT2D eigenvalue weighted by Gasteiger charge is 1.98. The van der Waals surface area contributed by atoms with Crippen LogP contribution in [-0.2, 0) is 6.54 Å². The fourth-order valence-electron chi connectivity index (χ4n) is 1.55. The maximum atomic E-state index is 5.55. The second kappa shape index (κ2) is 4.24. The lowest BCUT2D eigenvalue weighted by molar-refractivity contribution is 1.07. The molecule has 2 rings (SSSR count). The van der Waals surface area contributed by atoms with Crippen LogP contribution in [0.3, 0.4) is 0 Å². The van der Waals surface area contributed by atoms with Gasteiger partial charge in [0.25, 0.3) is 0 Å². The van der Waals surface area contributed by atoms with Gasteiger partial charge in [-0.25, -0.2) is 0 Å². The number of rotatable bonds is 2. The van der Waals surface area contributed by atoms with Gasteiger partial charge in [-0.1, -0.05) is 24.3 Å². The largest absolute Gasteiger partial charge is 0.326 e. The summed E-state index contributed by atoms with van der Waals surface area (Å²) in [7, 11) is 0. The minimum absolute atomic E-state index is 0.590. The van der Waals surface area contributed by atoms with E-state index in [-0.39, 0.29) is 0 Å². The lowest BCUT2D eigenvalue weighted by Crippen LogP contribution is -1.95. The molecule has 0 amide bonds. The quantitative estimate of drug-likeness (QED) is 0.805. The molecule has 0 aliphatic heterocycles. The maximum Gasteiger partial charge on any atom is 0.0346 e. The van der Waals surface area contributed by atoms with Gasteiger partial charge in [0.2, 0.25) is 0 Å². The molecule has 1 heterocycles. The SMILES string of the molecule is Cc1cncc(-c2ccc(CN)cc2)c1. The van der Waals surface area contributed by atoms with Crippen LogP contribution in [0.5, 0.6) is 0 Å². The highest BCUT2D eigenvalue weighted by atomic mass is 14.6. The molecule has 0 bridgehead atoms. The molecule has 0 fully saturated rings. The Balaban J connectivity index is 2.37. The van der Waals surface area contributed by atoms with E-state index in [2.05, 4.69) is 35.3 Å². The molecule has 0 radical (unpaired) electrons. The van der Waals surface area contributed by atoms with Gasteiger partial charge in [-0.05, 0) is 29.7 Å². The summed E-state index contributed by atoms with van der Waals surface area (Å²) in [6.45, 7) is 2.64. The Hall–Kier alpha value is -1.67. The molecule has 0 aliphatic carbocycles. The highest BCUT2D eigenvalue weighted by Crippen LogP contribution is 2.19. The van der Waals surface area contributed by atoms with E-state index in [1.165, 1.54) is 11.1 Å². The fraction of sp³-hybridized carbons (Fsp3) is 0.154. The number of nitrogens with two attached hydrogens (primary N) is 1. The van der Waals surface area contributed by atoms with Gasteiger partial charge < -0.3 is 5.73 Å². The van der Waals surface area contributed by atoms with Gasteiger partial charge in [0, 0.05) is 24.5 Å². The highest BCUT2D eigenvalue weighted by molar-refractivity contribution is 5.63. The zero-order valence-corrected chi connectivity index (χ0v) is 8.77. The minimum Gasteiger partial charge on any atom is -0.326 e. The van der Waals surface area contributed by atoms with E-state index in [1.807, 2.05) is 19.3 Å². The van der Waals surface area contributed by atoms with Crippen LogP contribution >= 0.6 is 0 Å². The monoisotopic (exact) mass is 198 g/mol. The topological polar surface area (TPSA) is 38.9 Å². The van der Waals surface area contributed by atoms with E-state index < -0.39 is 0 Å². The maximum absolute atomic E-state index is 5.55. The molecule has 0 saturated carbocycles. The lowest BCUT2D eigenvalue weighted by atomic mass is 10.0. The van der Waals surface area contributed by atoms with Crippen LogP contribution in [0.4, 0.5) is 0 Å². The van der Waals surface area contributed by atoms with Crippen molar-refractivity contribution in [1.82, 2.24) is 4.98 Å². The first-order valence-electron chi connectivity index (χ1n) is 5.00. The van der Waals surface area contributed by atoms with Crippen molar-refractivity contribution in [3.8, 4) is 11.1 Å². The first kappa shape index (κ1) is 9.87. The molecule has 1 aromatic heterocycles. The summed E-state index contributed by atoms with van der Waals surface area (Å²) < 4.78 is 0. The van der Waals surface area contributed by atoms with Gasteiger partial charge >= 0.3 is 0 Å². The third-order valence-electron chi connectivity index (χ3n) is 2.40. The Morgan fingerprint density at radius 3 is 2.40 bits per heavy atom. The number of pyridine rings is 1. The van der Waals surface area contributed by atoms with E-state index >= 15 is 0 Å². The summed E-state index contributed by atoms with van der Waals surface area (Å²) in [4.78, 5) is 4.18. The molecule has 0 spiro atoms. The molecule has 0 aliphatic rings. The van der Waals surface area contributed by atoms with Crippen LogP contribution in [0, 0.1) is 6.92 Å². The second-order valence-electron chi connectivity index (χ2n) is 3.65. The number of aryl methyl sites for hydroxylation is 1. The van der Waals surface area contributed by atoms with Gasteiger partial charge in [-0.2, -0.15) is 0 Å². The van der Waals surface area contributed by atoms with Crippen molar-refractivity contribution in [2.45, 2.75) is 13.5 Å². The van der Waals surface area contributed by atoms with Crippen LogP contribution in [-0.4, -0.2) is 4.98 Å². The Labute approximate surface area is 89.8 Å². The van der Waals surface area contributed by atoms with Gasteiger partial charge in [0.05, 0.1) is 0 Å². The van der Waals surface area contributed by atoms with Crippen molar-refractivity contribution < 1.29 is 0 Å². The average Bonchev–Trinajstić information content (AvgIpc) is 2.29. The van der Waals surface area contributed by atoms with Crippen LogP contribution in [0.25, 0.3) is 11.1 Å². The van der Waals surface area contributed by atoms with Crippen molar-refractivity contribution in [3.05, 3.63) is 53.9 Å². The molecule has 2 heteroatoms. The van der Waals surface area contributed by atoms with E-state index in [1.54, 1.807) is 0 Å². The van der Waals surface area contributed by atoms with E-state index in [4.69, 9.17) is 5.73 Å². The molecule has 2 nitrogen and oxygen atoms in total. The smallest absolute Gasteiger partial charge is 0.0346 e. The van der Waals surface area contributed by atoms with Gasteiger partial charge in [-0.15, -0.1) is 0 Å². The Kier molecular flexibility index (Phi) is 2.79. The van der Waals surface area contributed by atoms with Crippen LogP contribution in [0.2, 0.25) is 0 Å². The number of benzene rings is 1. The molecule has 0 atom stereocenters. The first-order valence-corrected chi connectivity index (χ1v) is 5.00. The minimum atomic E-state index is 0.590. The molecular weight excluding hydrogens is 184 g/mol. The normalized spacial score (nSPS) is 10.3. The third-order valence-corrected chi connectivity index (χ3v) is 2.40. The van der Waals surface area contributed by atoms with Gasteiger partial charge in [0.15, 0.2) is 0 Å². The van der Waals surface area contributed by atoms with Crippen LogP contribution in [0.1, 0.15) is 11.1 Å². The Morgan fingerprint density at radius 1 is 1.07 bits per heavy atom. The first-order chi connectivity index (χ1) is 7.29. The van der Waals surface area contributed by atoms with E-state index in [0.29, 0.717) is 6.54 Å². The van der Waals surface area contributed by atoms with Crippen LogP contribution < -0.4 is 5.73 Å². The third kappa shape index (κ3) is 2.22. The van der Waals surface area contributed by atoms with Gasteiger partial charge in [-0.3, -0.25) is 4.98 Å². The van der Waals surface area contributed by atoms with Crippen molar-refractivity contribution >= 4 is 0 Å². The zero-order chi connectivity index (χ0) is 10.7. The van der Waals surface area contributed by atoms with E-state index in [9.17, 15) is 0 Å². The fourth-order valence-corrected chi connectivity index (χ4v) is 1.55. The summed E-state index contributed by atoms with van der Waals surface area (Å²) in [5.41, 5.74) is 10.2. The molecule has 2 N–H and O–H groups in total. The van der Waals surface area contributed by atoms with Gasteiger partial charge in [0.1, 0.15) is 0 Å². The van der Waals surface area contributed by atoms with Crippen LogP contribution in [0.15, 0.2) is 42.7 Å². The molecule has 2 aromatic rings. The van der Waals surface area contributed by atoms with Crippen molar-refractivity contribution in [3.63, 3.8) is 0 Å². The molecule has 0 saturated heterocycles. The average molecular weight is 198 g/mol. The summed E-state index contributed by atoms with van der Waals surface area (Å²) >= 11 is 0.